The van der Waals surface area contributed by atoms with Crippen LogP contribution in [0.4, 0.5) is 0 Å². The van der Waals surface area contributed by atoms with Crippen molar-refractivity contribution >= 4 is 5.91 Å². The Kier molecular flexibility index (Phi) is 4.73. The van der Waals surface area contributed by atoms with Crippen LogP contribution in [0.3, 0.4) is 0 Å². The highest BCUT2D eigenvalue weighted by molar-refractivity contribution is 5.97. The molecule has 4 heteroatoms. The zero-order valence-corrected chi connectivity index (χ0v) is 11.2. The predicted octanol–water partition coefficient (Wildman–Crippen LogP) is 1.89. The van der Waals surface area contributed by atoms with Crippen molar-refractivity contribution < 1.29 is 9.90 Å². The Bertz CT molecular complexity index is 418. The number of amides is 1. The Morgan fingerprint density at radius 2 is 2.06 bits per heavy atom. The molecule has 0 bridgehead atoms. The van der Waals surface area contributed by atoms with Crippen LogP contribution in [0.1, 0.15) is 37.6 Å². The minimum Gasteiger partial charge on any atom is -0.507 e. The first-order valence-corrected chi connectivity index (χ1v) is 6.18. The number of nitrogens with one attached hydrogen (secondary N) is 1. The molecule has 0 saturated heterocycles. The first kappa shape index (κ1) is 14.5. The molecule has 1 rings (SSSR count). The topological polar surface area (TPSA) is 75.3 Å². The minimum atomic E-state index is -0.451. The summed E-state index contributed by atoms with van der Waals surface area (Å²) in [5, 5.41) is 12.5. The summed E-state index contributed by atoms with van der Waals surface area (Å²) in [5.74, 6) is 0.129. The first-order valence-electron chi connectivity index (χ1n) is 6.18. The summed E-state index contributed by atoms with van der Waals surface area (Å²) in [7, 11) is 0. The highest BCUT2D eigenvalue weighted by Gasteiger charge is 2.27. The van der Waals surface area contributed by atoms with E-state index >= 15 is 0 Å². The van der Waals surface area contributed by atoms with Gasteiger partial charge in [0.05, 0.1) is 5.56 Å². The van der Waals surface area contributed by atoms with Crippen LogP contribution in [0.25, 0.3) is 0 Å². The fraction of sp³-hybridized carbons (Fsp3) is 0.500. The molecule has 0 aliphatic rings. The van der Waals surface area contributed by atoms with Crippen molar-refractivity contribution in [3.8, 4) is 5.75 Å². The molecule has 1 aromatic carbocycles. The number of nitrogens with two attached hydrogens (primary N) is 1. The highest BCUT2D eigenvalue weighted by Crippen LogP contribution is 2.19. The van der Waals surface area contributed by atoms with Gasteiger partial charge < -0.3 is 16.2 Å². The normalized spacial score (nSPS) is 14.3. The van der Waals surface area contributed by atoms with E-state index in [4.69, 9.17) is 5.73 Å². The number of phenolic OH excluding ortho intramolecular Hbond substituents is 1. The van der Waals surface area contributed by atoms with Crippen molar-refractivity contribution in [3.63, 3.8) is 0 Å². The standard InChI is InChI=1S/C14H22N2O2/c1-10(2)8-14(3,9-15)16-13(18)11-6-4-5-7-12(11)17/h4-7,10,17H,8-9,15H2,1-3H3,(H,16,18). The second-order valence-electron chi connectivity index (χ2n) is 5.33. The van der Waals surface area contributed by atoms with Crippen molar-refractivity contribution in [2.45, 2.75) is 32.7 Å². The molecule has 4 nitrogen and oxygen atoms in total. The van der Waals surface area contributed by atoms with E-state index in [0.717, 1.165) is 6.42 Å². The largest absolute Gasteiger partial charge is 0.507 e. The van der Waals surface area contributed by atoms with Gasteiger partial charge in [0.25, 0.3) is 5.91 Å². The lowest BCUT2D eigenvalue weighted by Crippen LogP contribution is -2.52. The Morgan fingerprint density at radius 1 is 1.44 bits per heavy atom. The lowest BCUT2D eigenvalue weighted by atomic mass is 9.90. The number of hydrogen-bond acceptors (Lipinski definition) is 3. The number of phenols is 1. The molecule has 1 unspecified atom stereocenters. The fourth-order valence-electron chi connectivity index (χ4n) is 2.09. The molecule has 0 heterocycles. The quantitative estimate of drug-likeness (QED) is 0.747. The number of carbonyl (C=O) groups is 1. The zero-order valence-electron chi connectivity index (χ0n) is 11.2. The zero-order chi connectivity index (χ0) is 13.8. The van der Waals surface area contributed by atoms with Crippen LogP contribution < -0.4 is 11.1 Å². The number of aromatic hydroxyl groups is 1. The van der Waals surface area contributed by atoms with E-state index in [-0.39, 0.29) is 17.2 Å². The Hall–Kier alpha value is -1.55. The summed E-state index contributed by atoms with van der Waals surface area (Å²) in [6.45, 7) is 6.45. The molecule has 0 aromatic heterocycles. The van der Waals surface area contributed by atoms with E-state index in [0.29, 0.717) is 12.5 Å². The van der Waals surface area contributed by atoms with Gasteiger partial charge in [0.15, 0.2) is 0 Å². The average molecular weight is 250 g/mol. The Balaban J connectivity index is 2.83. The third-order valence-electron chi connectivity index (χ3n) is 2.87. The maximum absolute atomic E-state index is 12.1. The van der Waals surface area contributed by atoms with Crippen molar-refractivity contribution in [1.29, 1.82) is 0 Å². The van der Waals surface area contributed by atoms with Crippen LogP contribution in [0, 0.1) is 5.92 Å². The van der Waals surface area contributed by atoms with Gasteiger partial charge in [-0.3, -0.25) is 4.79 Å². The Morgan fingerprint density at radius 3 is 2.56 bits per heavy atom. The second-order valence-corrected chi connectivity index (χ2v) is 5.33. The van der Waals surface area contributed by atoms with E-state index in [9.17, 15) is 9.90 Å². The van der Waals surface area contributed by atoms with Gasteiger partial charge in [-0.1, -0.05) is 26.0 Å². The molecule has 1 aromatic rings. The number of para-hydroxylation sites is 1. The van der Waals surface area contributed by atoms with Crippen LogP contribution >= 0.6 is 0 Å². The fourth-order valence-corrected chi connectivity index (χ4v) is 2.09. The SMILES string of the molecule is CC(C)CC(C)(CN)NC(=O)c1ccccc1O. The highest BCUT2D eigenvalue weighted by atomic mass is 16.3. The molecular formula is C14H22N2O2. The molecule has 1 atom stereocenters. The van der Waals surface area contributed by atoms with E-state index in [1.165, 1.54) is 6.07 Å². The van der Waals surface area contributed by atoms with Gasteiger partial charge in [0, 0.05) is 12.1 Å². The van der Waals surface area contributed by atoms with Gasteiger partial charge in [-0.2, -0.15) is 0 Å². The van der Waals surface area contributed by atoms with Crippen molar-refractivity contribution in [3.05, 3.63) is 29.8 Å². The second kappa shape index (κ2) is 5.87. The molecule has 18 heavy (non-hydrogen) atoms. The monoisotopic (exact) mass is 250 g/mol. The smallest absolute Gasteiger partial charge is 0.255 e. The molecule has 0 saturated carbocycles. The van der Waals surface area contributed by atoms with Crippen LogP contribution in [-0.4, -0.2) is 23.1 Å². The van der Waals surface area contributed by atoms with Gasteiger partial charge >= 0.3 is 0 Å². The van der Waals surface area contributed by atoms with Gasteiger partial charge in [-0.25, -0.2) is 0 Å². The van der Waals surface area contributed by atoms with Gasteiger partial charge in [0.1, 0.15) is 5.75 Å². The van der Waals surface area contributed by atoms with Gasteiger partial charge in [-0.05, 0) is 31.4 Å². The minimum absolute atomic E-state index is 0.0149. The van der Waals surface area contributed by atoms with Crippen molar-refractivity contribution in [2.24, 2.45) is 11.7 Å². The van der Waals surface area contributed by atoms with Crippen molar-refractivity contribution in [1.82, 2.24) is 5.32 Å². The molecule has 0 fully saturated rings. The van der Waals surface area contributed by atoms with Crippen LogP contribution in [-0.2, 0) is 0 Å². The van der Waals surface area contributed by atoms with E-state index < -0.39 is 5.54 Å². The number of rotatable bonds is 5. The third-order valence-corrected chi connectivity index (χ3v) is 2.87. The van der Waals surface area contributed by atoms with E-state index in [2.05, 4.69) is 19.2 Å². The molecule has 100 valence electrons. The van der Waals surface area contributed by atoms with E-state index in [1.807, 2.05) is 6.92 Å². The summed E-state index contributed by atoms with van der Waals surface area (Å²) in [6, 6.07) is 6.49. The molecule has 0 aliphatic carbocycles. The summed E-state index contributed by atoms with van der Waals surface area (Å²) >= 11 is 0. The summed E-state index contributed by atoms with van der Waals surface area (Å²) in [4.78, 5) is 12.1. The number of carbonyl (C=O) groups excluding carboxylic acids is 1. The molecule has 0 aliphatic heterocycles. The van der Waals surface area contributed by atoms with Gasteiger partial charge in [-0.15, -0.1) is 0 Å². The molecule has 0 spiro atoms. The van der Waals surface area contributed by atoms with Crippen LogP contribution in [0.2, 0.25) is 0 Å². The lowest BCUT2D eigenvalue weighted by Gasteiger charge is -2.31. The third kappa shape index (κ3) is 3.74. The molecule has 0 radical (unpaired) electrons. The number of hydrogen-bond donors (Lipinski definition) is 3. The first-order chi connectivity index (χ1) is 8.38. The van der Waals surface area contributed by atoms with Crippen LogP contribution in [0.5, 0.6) is 5.75 Å². The molecular weight excluding hydrogens is 228 g/mol. The summed E-state index contributed by atoms with van der Waals surface area (Å²) in [5.41, 5.74) is 5.57. The van der Waals surface area contributed by atoms with Crippen LogP contribution in [0.15, 0.2) is 24.3 Å². The number of benzene rings is 1. The van der Waals surface area contributed by atoms with Crippen molar-refractivity contribution in [2.75, 3.05) is 6.54 Å². The maximum Gasteiger partial charge on any atom is 0.255 e. The van der Waals surface area contributed by atoms with Gasteiger partial charge in [0.2, 0.25) is 0 Å². The molecule has 4 N–H and O–H groups in total. The average Bonchev–Trinajstić information content (AvgIpc) is 2.28. The van der Waals surface area contributed by atoms with E-state index in [1.54, 1.807) is 18.2 Å². The maximum atomic E-state index is 12.1. The predicted molar refractivity (Wildman–Crippen MR) is 72.5 cm³/mol. The summed E-state index contributed by atoms with van der Waals surface area (Å²) in [6.07, 6.45) is 0.794. The molecule has 1 amide bonds. The Labute approximate surface area is 108 Å². The summed E-state index contributed by atoms with van der Waals surface area (Å²) < 4.78 is 0. The lowest BCUT2D eigenvalue weighted by molar-refractivity contribution is 0.0895.